The fourth-order valence-electron chi connectivity index (χ4n) is 3.19. The SMILES string of the molecule is O=C(CCCn1c(=O)oc2ccccc21)N(Cc1ccco1)Cc1cccs1. The van der Waals surface area contributed by atoms with Crippen LogP contribution in [0, 0.1) is 0 Å². The first-order chi connectivity index (χ1) is 13.7. The number of hydrogen-bond donors (Lipinski definition) is 0. The van der Waals surface area contributed by atoms with Crippen molar-refractivity contribution < 1.29 is 13.6 Å². The molecular weight excluding hydrogens is 376 g/mol. The molecule has 0 aliphatic rings. The van der Waals surface area contributed by atoms with Crippen molar-refractivity contribution in [2.75, 3.05) is 0 Å². The molecule has 1 aromatic carbocycles. The molecule has 0 bridgehead atoms. The van der Waals surface area contributed by atoms with Crippen LogP contribution in [0.1, 0.15) is 23.5 Å². The van der Waals surface area contributed by atoms with E-state index in [0.717, 1.165) is 16.2 Å². The fourth-order valence-corrected chi connectivity index (χ4v) is 3.91. The predicted molar refractivity (Wildman–Crippen MR) is 107 cm³/mol. The number of thiophene rings is 1. The molecule has 7 heteroatoms. The summed E-state index contributed by atoms with van der Waals surface area (Å²) in [4.78, 5) is 27.8. The van der Waals surface area contributed by atoms with Gasteiger partial charge in [-0.05, 0) is 42.1 Å². The number of oxazole rings is 1. The van der Waals surface area contributed by atoms with Crippen LogP contribution in [0.4, 0.5) is 0 Å². The molecule has 3 aromatic heterocycles. The van der Waals surface area contributed by atoms with Gasteiger partial charge >= 0.3 is 5.76 Å². The maximum atomic E-state index is 12.9. The van der Waals surface area contributed by atoms with E-state index in [9.17, 15) is 9.59 Å². The van der Waals surface area contributed by atoms with Crippen LogP contribution in [0.5, 0.6) is 0 Å². The van der Waals surface area contributed by atoms with Gasteiger partial charge in [-0.3, -0.25) is 9.36 Å². The van der Waals surface area contributed by atoms with Gasteiger partial charge in [-0.25, -0.2) is 4.79 Å². The van der Waals surface area contributed by atoms with E-state index >= 15 is 0 Å². The molecule has 1 amide bonds. The number of amides is 1. The first-order valence-corrected chi connectivity index (χ1v) is 9.99. The van der Waals surface area contributed by atoms with Crippen molar-refractivity contribution in [1.29, 1.82) is 0 Å². The van der Waals surface area contributed by atoms with Crippen molar-refractivity contribution in [2.45, 2.75) is 32.5 Å². The average Bonchev–Trinajstić information content (AvgIpc) is 3.44. The number of hydrogen-bond acceptors (Lipinski definition) is 5. The van der Waals surface area contributed by atoms with Crippen molar-refractivity contribution in [3.63, 3.8) is 0 Å². The Morgan fingerprint density at radius 3 is 2.75 bits per heavy atom. The van der Waals surface area contributed by atoms with E-state index in [1.54, 1.807) is 33.1 Å². The minimum Gasteiger partial charge on any atom is -0.467 e. The van der Waals surface area contributed by atoms with Gasteiger partial charge in [0, 0.05) is 17.8 Å². The Balaban J connectivity index is 1.42. The van der Waals surface area contributed by atoms with E-state index in [2.05, 4.69) is 0 Å². The van der Waals surface area contributed by atoms with Gasteiger partial charge in [0.25, 0.3) is 0 Å². The third-order valence-electron chi connectivity index (χ3n) is 4.55. The molecular formula is C21H20N2O4S. The molecule has 28 heavy (non-hydrogen) atoms. The lowest BCUT2D eigenvalue weighted by molar-refractivity contribution is -0.132. The second-order valence-electron chi connectivity index (χ2n) is 6.50. The highest BCUT2D eigenvalue weighted by molar-refractivity contribution is 7.09. The van der Waals surface area contributed by atoms with Gasteiger partial charge in [0.15, 0.2) is 5.58 Å². The Morgan fingerprint density at radius 1 is 1.07 bits per heavy atom. The predicted octanol–water partition coefficient (Wildman–Crippen LogP) is 4.26. The molecule has 0 N–H and O–H groups in total. The number of aryl methyl sites for hydroxylation is 1. The first-order valence-electron chi connectivity index (χ1n) is 9.11. The second-order valence-corrected chi connectivity index (χ2v) is 7.53. The van der Waals surface area contributed by atoms with Crippen LogP contribution in [0.25, 0.3) is 11.1 Å². The number of aromatic nitrogens is 1. The number of nitrogens with zero attached hydrogens (tertiary/aromatic N) is 2. The number of fused-ring (bicyclic) bond motifs is 1. The fraction of sp³-hybridized carbons (Fsp3) is 0.238. The zero-order valence-electron chi connectivity index (χ0n) is 15.2. The normalized spacial score (nSPS) is 11.1. The summed E-state index contributed by atoms with van der Waals surface area (Å²) in [7, 11) is 0. The summed E-state index contributed by atoms with van der Waals surface area (Å²) < 4.78 is 12.2. The molecule has 0 radical (unpaired) electrons. The molecule has 0 fully saturated rings. The Morgan fingerprint density at radius 2 is 1.96 bits per heavy atom. The van der Waals surface area contributed by atoms with Crippen LogP contribution in [-0.2, 0) is 24.4 Å². The number of benzene rings is 1. The lowest BCUT2D eigenvalue weighted by atomic mass is 10.2. The number of furan rings is 1. The van der Waals surface area contributed by atoms with E-state index in [1.807, 2.05) is 47.8 Å². The Hall–Kier alpha value is -3.06. The van der Waals surface area contributed by atoms with Crippen LogP contribution >= 0.6 is 11.3 Å². The molecule has 0 aliphatic heterocycles. The van der Waals surface area contributed by atoms with Crippen molar-refractivity contribution in [3.05, 3.63) is 81.4 Å². The van der Waals surface area contributed by atoms with E-state index in [1.165, 1.54) is 0 Å². The van der Waals surface area contributed by atoms with Gasteiger partial charge in [0.1, 0.15) is 5.76 Å². The summed E-state index contributed by atoms with van der Waals surface area (Å²) in [5, 5.41) is 2.00. The smallest absolute Gasteiger partial charge is 0.419 e. The third-order valence-corrected chi connectivity index (χ3v) is 5.41. The highest BCUT2D eigenvalue weighted by Crippen LogP contribution is 2.17. The Kier molecular flexibility index (Phi) is 5.43. The zero-order chi connectivity index (χ0) is 19.3. The lowest BCUT2D eigenvalue weighted by Crippen LogP contribution is -2.30. The number of carbonyl (C=O) groups excluding carboxylic acids is 1. The molecule has 6 nitrogen and oxygen atoms in total. The van der Waals surface area contributed by atoms with E-state index in [4.69, 9.17) is 8.83 Å². The monoisotopic (exact) mass is 396 g/mol. The van der Waals surface area contributed by atoms with Crippen LogP contribution in [0.15, 0.2) is 73.8 Å². The minimum atomic E-state index is -0.389. The Labute approximate surface area is 165 Å². The van der Waals surface area contributed by atoms with Gasteiger partial charge in [-0.15, -0.1) is 11.3 Å². The maximum Gasteiger partial charge on any atom is 0.419 e. The number of rotatable bonds is 8. The standard InChI is InChI=1S/C21H20N2O4S/c24-20(10-3-11-23-18-8-1-2-9-19(18)27-21(23)25)22(14-16-6-4-12-26-16)15-17-7-5-13-28-17/h1-2,4-9,12-13H,3,10-11,14-15H2. The van der Waals surface area contributed by atoms with Gasteiger partial charge in [-0.1, -0.05) is 18.2 Å². The summed E-state index contributed by atoms with van der Waals surface area (Å²) in [5.74, 6) is 0.396. The van der Waals surface area contributed by atoms with E-state index in [0.29, 0.717) is 38.1 Å². The van der Waals surface area contributed by atoms with Crippen LogP contribution in [-0.4, -0.2) is 15.4 Å². The second kappa shape index (κ2) is 8.31. The molecule has 4 rings (SSSR count). The molecule has 3 heterocycles. The molecule has 0 saturated carbocycles. The van der Waals surface area contributed by atoms with Gasteiger partial charge < -0.3 is 13.7 Å². The minimum absolute atomic E-state index is 0.0330. The van der Waals surface area contributed by atoms with Gasteiger partial charge in [-0.2, -0.15) is 0 Å². The summed E-state index contributed by atoms with van der Waals surface area (Å²) in [5.41, 5.74) is 1.32. The maximum absolute atomic E-state index is 12.9. The molecule has 4 aromatic rings. The van der Waals surface area contributed by atoms with Crippen molar-refractivity contribution in [2.24, 2.45) is 0 Å². The highest BCUT2D eigenvalue weighted by Gasteiger charge is 2.17. The van der Waals surface area contributed by atoms with Crippen LogP contribution in [0.2, 0.25) is 0 Å². The van der Waals surface area contributed by atoms with E-state index in [-0.39, 0.29) is 11.7 Å². The van der Waals surface area contributed by atoms with Gasteiger partial charge in [0.2, 0.25) is 5.91 Å². The van der Waals surface area contributed by atoms with Gasteiger partial charge in [0.05, 0.1) is 24.9 Å². The quantitative estimate of drug-likeness (QED) is 0.446. The van der Waals surface area contributed by atoms with Crippen LogP contribution in [0.3, 0.4) is 0 Å². The molecule has 0 aliphatic carbocycles. The summed E-state index contributed by atoms with van der Waals surface area (Å²) in [6, 6.07) is 15.0. The summed E-state index contributed by atoms with van der Waals surface area (Å²) >= 11 is 1.62. The van der Waals surface area contributed by atoms with Crippen LogP contribution < -0.4 is 5.76 Å². The largest absolute Gasteiger partial charge is 0.467 e. The summed E-state index contributed by atoms with van der Waals surface area (Å²) in [6.45, 7) is 1.42. The zero-order valence-corrected chi connectivity index (χ0v) is 16.1. The topological polar surface area (TPSA) is 68.6 Å². The summed E-state index contributed by atoms with van der Waals surface area (Å²) in [6.07, 6.45) is 2.51. The first kappa shape index (κ1) is 18.3. The highest BCUT2D eigenvalue weighted by atomic mass is 32.1. The van der Waals surface area contributed by atoms with Crippen molar-refractivity contribution in [3.8, 4) is 0 Å². The molecule has 0 atom stereocenters. The number of para-hydroxylation sites is 2. The van der Waals surface area contributed by atoms with E-state index < -0.39 is 0 Å². The van der Waals surface area contributed by atoms with Crippen molar-refractivity contribution in [1.82, 2.24) is 9.47 Å². The lowest BCUT2D eigenvalue weighted by Gasteiger charge is -2.21. The molecule has 144 valence electrons. The average molecular weight is 396 g/mol. The molecule has 0 spiro atoms. The number of carbonyl (C=O) groups is 1. The third kappa shape index (κ3) is 4.09. The van der Waals surface area contributed by atoms with Crippen molar-refractivity contribution >= 4 is 28.3 Å². The molecule has 0 saturated heterocycles. The molecule has 0 unspecified atom stereocenters. The Bertz CT molecular complexity index is 1060.